The lowest BCUT2D eigenvalue weighted by Crippen LogP contribution is -2.45. The Labute approximate surface area is 206 Å². The molecule has 0 atom stereocenters. The van der Waals surface area contributed by atoms with Gasteiger partial charge in [-0.05, 0) is 54.8 Å². The van der Waals surface area contributed by atoms with Crippen LogP contribution in [0.5, 0.6) is 0 Å². The summed E-state index contributed by atoms with van der Waals surface area (Å²) in [6.07, 6.45) is -3.23. The Bertz CT molecular complexity index is 1240. The van der Waals surface area contributed by atoms with Gasteiger partial charge in [-0.2, -0.15) is 13.2 Å². The summed E-state index contributed by atoms with van der Waals surface area (Å²) >= 11 is 0. The molecule has 0 spiro atoms. The van der Waals surface area contributed by atoms with Gasteiger partial charge in [-0.1, -0.05) is 36.4 Å². The molecule has 5 nitrogen and oxygen atoms in total. The number of halogens is 4. The van der Waals surface area contributed by atoms with Crippen LogP contribution in [0.25, 0.3) is 0 Å². The topological polar surface area (TPSA) is 61.4 Å². The number of nitrogens with one attached hydrogen (secondary N) is 2. The van der Waals surface area contributed by atoms with E-state index in [0.29, 0.717) is 42.7 Å². The molecule has 4 rings (SSSR count). The molecular weight excluding hydrogens is 474 g/mol. The summed E-state index contributed by atoms with van der Waals surface area (Å²) in [5.74, 6) is -1.42. The van der Waals surface area contributed by atoms with Crippen LogP contribution in [0.15, 0.2) is 72.8 Å². The second-order valence-corrected chi connectivity index (χ2v) is 8.61. The lowest BCUT2D eigenvalue weighted by Gasteiger charge is -2.35. The van der Waals surface area contributed by atoms with E-state index in [9.17, 15) is 27.2 Å². The Morgan fingerprint density at radius 1 is 0.861 bits per heavy atom. The van der Waals surface area contributed by atoms with Gasteiger partial charge in [0.25, 0.3) is 11.8 Å². The van der Waals surface area contributed by atoms with Crippen LogP contribution in [-0.4, -0.2) is 30.9 Å². The van der Waals surface area contributed by atoms with Crippen molar-refractivity contribution in [3.05, 3.63) is 101 Å². The van der Waals surface area contributed by atoms with Crippen LogP contribution in [0.2, 0.25) is 0 Å². The number of carbonyl (C=O) groups excluding carboxylic acids is 2. The van der Waals surface area contributed by atoms with Gasteiger partial charge in [0.2, 0.25) is 0 Å². The number of para-hydroxylation sites is 1. The zero-order valence-electron chi connectivity index (χ0n) is 19.3. The van der Waals surface area contributed by atoms with Gasteiger partial charge in [0.15, 0.2) is 0 Å². The fourth-order valence-corrected chi connectivity index (χ4v) is 4.25. The van der Waals surface area contributed by atoms with Crippen molar-refractivity contribution < 1.29 is 27.2 Å². The first-order valence-electron chi connectivity index (χ1n) is 11.6. The molecule has 1 saturated heterocycles. The maximum atomic E-state index is 13.9. The van der Waals surface area contributed by atoms with Crippen molar-refractivity contribution in [1.29, 1.82) is 0 Å². The van der Waals surface area contributed by atoms with Gasteiger partial charge >= 0.3 is 6.18 Å². The lowest BCUT2D eigenvalue weighted by atomic mass is 10.0. The van der Waals surface area contributed by atoms with Gasteiger partial charge in [0.05, 0.1) is 16.7 Å². The molecular formula is C27H25F4N3O2. The van der Waals surface area contributed by atoms with Crippen LogP contribution in [-0.2, 0) is 12.7 Å². The normalized spacial score (nSPS) is 14.4. The number of carbonyl (C=O) groups is 2. The SMILES string of the molecule is O=C(NC1CCN(c2ccccc2C(=O)NCc2cccc(C(F)(F)F)c2)CC1)c1ccccc1F. The Morgan fingerprint density at radius 2 is 1.53 bits per heavy atom. The molecule has 0 bridgehead atoms. The monoisotopic (exact) mass is 499 g/mol. The molecule has 0 unspecified atom stereocenters. The van der Waals surface area contributed by atoms with E-state index in [1.165, 1.54) is 30.3 Å². The van der Waals surface area contributed by atoms with E-state index < -0.39 is 29.4 Å². The van der Waals surface area contributed by atoms with Crippen LogP contribution in [0, 0.1) is 5.82 Å². The number of hydrogen-bond donors (Lipinski definition) is 2. The van der Waals surface area contributed by atoms with Crippen molar-refractivity contribution in [1.82, 2.24) is 10.6 Å². The van der Waals surface area contributed by atoms with Crippen molar-refractivity contribution in [2.75, 3.05) is 18.0 Å². The quantitative estimate of drug-likeness (QED) is 0.460. The minimum Gasteiger partial charge on any atom is -0.371 e. The third-order valence-corrected chi connectivity index (χ3v) is 6.15. The molecule has 2 N–H and O–H groups in total. The highest BCUT2D eigenvalue weighted by molar-refractivity contribution is 5.99. The molecule has 3 aromatic rings. The van der Waals surface area contributed by atoms with E-state index in [-0.39, 0.29) is 18.2 Å². The summed E-state index contributed by atoms with van der Waals surface area (Å²) < 4.78 is 52.8. The molecule has 0 radical (unpaired) electrons. The third-order valence-electron chi connectivity index (χ3n) is 6.15. The summed E-state index contributed by atoms with van der Waals surface area (Å²) in [5.41, 5.74) is 0.709. The molecule has 1 aliphatic rings. The molecule has 0 aromatic heterocycles. The van der Waals surface area contributed by atoms with E-state index >= 15 is 0 Å². The predicted molar refractivity (Wildman–Crippen MR) is 128 cm³/mol. The lowest BCUT2D eigenvalue weighted by molar-refractivity contribution is -0.137. The third kappa shape index (κ3) is 6.02. The highest BCUT2D eigenvalue weighted by Crippen LogP contribution is 2.29. The Hall–Kier alpha value is -3.88. The highest BCUT2D eigenvalue weighted by atomic mass is 19.4. The number of alkyl halides is 3. The standard InChI is InChI=1S/C27H25F4N3O2/c28-23-10-3-1-8-21(23)26(36)33-20-12-14-34(15-13-20)24-11-4-2-9-22(24)25(35)32-17-18-6-5-7-19(16-18)27(29,30)31/h1-11,16,20H,12-15,17H2,(H,32,35)(H,33,36). The average Bonchev–Trinajstić information content (AvgIpc) is 2.87. The van der Waals surface area contributed by atoms with Gasteiger partial charge in [0, 0.05) is 31.4 Å². The predicted octanol–water partition coefficient (Wildman–Crippen LogP) is 5.17. The minimum absolute atomic E-state index is 0.00252. The summed E-state index contributed by atoms with van der Waals surface area (Å²) in [7, 11) is 0. The summed E-state index contributed by atoms with van der Waals surface area (Å²) in [6, 6.07) is 17.6. The second kappa shape index (κ2) is 10.8. The molecule has 188 valence electrons. The van der Waals surface area contributed by atoms with Crippen molar-refractivity contribution >= 4 is 17.5 Å². The van der Waals surface area contributed by atoms with E-state index in [0.717, 1.165) is 12.1 Å². The van der Waals surface area contributed by atoms with E-state index in [4.69, 9.17) is 0 Å². The smallest absolute Gasteiger partial charge is 0.371 e. The molecule has 3 aromatic carbocycles. The minimum atomic E-state index is -4.45. The van der Waals surface area contributed by atoms with E-state index in [1.54, 1.807) is 18.2 Å². The molecule has 1 aliphatic heterocycles. The molecule has 36 heavy (non-hydrogen) atoms. The molecule has 0 aliphatic carbocycles. The van der Waals surface area contributed by atoms with Crippen molar-refractivity contribution in [2.24, 2.45) is 0 Å². The van der Waals surface area contributed by atoms with Gasteiger partial charge < -0.3 is 15.5 Å². The Kier molecular flexibility index (Phi) is 7.57. The van der Waals surface area contributed by atoms with Crippen LogP contribution >= 0.6 is 0 Å². The van der Waals surface area contributed by atoms with Crippen molar-refractivity contribution in [2.45, 2.75) is 31.6 Å². The Balaban J connectivity index is 1.36. The van der Waals surface area contributed by atoms with Crippen LogP contribution < -0.4 is 15.5 Å². The fraction of sp³-hybridized carbons (Fsp3) is 0.259. The number of nitrogens with zero attached hydrogens (tertiary/aromatic N) is 1. The summed E-state index contributed by atoms with van der Waals surface area (Å²) in [4.78, 5) is 27.4. The van der Waals surface area contributed by atoms with Gasteiger partial charge in [0.1, 0.15) is 5.82 Å². The molecule has 9 heteroatoms. The molecule has 0 saturated carbocycles. The number of anilines is 1. The number of amides is 2. The van der Waals surface area contributed by atoms with E-state index in [2.05, 4.69) is 10.6 Å². The first-order valence-corrected chi connectivity index (χ1v) is 11.6. The Morgan fingerprint density at radius 3 is 2.22 bits per heavy atom. The first kappa shape index (κ1) is 25.2. The molecule has 2 amide bonds. The number of hydrogen-bond acceptors (Lipinski definition) is 3. The fourth-order valence-electron chi connectivity index (χ4n) is 4.25. The number of benzene rings is 3. The van der Waals surface area contributed by atoms with Crippen LogP contribution in [0.3, 0.4) is 0 Å². The first-order chi connectivity index (χ1) is 17.2. The van der Waals surface area contributed by atoms with Crippen molar-refractivity contribution in [3.63, 3.8) is 0 Å². The van der Waals surface area contributed by atoms with Gasteiger partial charge in [-0.3, -0.25) is 9.59 Å². The van der Waals surface area contributed by atoms with Gasteiger partial charge in [-0.25, -0.2) is 4.39 Å². The highest BCUT2D eigenvalue weighted by Gasteiger charge is 2.30. The molecule has 1 fully saturated rings. The maximum absolute atomic E-state index is 13.9. The van der Waals surface area contributed by atoms with Gasteiger partial charge in [-0.15, -0.1) is 0 Å². The summed E-state index contributed by atoms with van der Waals surface area (Å²) in [6.45, 7) is 1.10. The van der Waals surface area contributed by atoms with E-state index in [1.807, 2.05) is 17.0 Å². The number of rotatable bonds is 6. The second-order valence-electron chi connectivity index (χ2n) is 8.61. The zero-order chi connectivity index (χ0) is 25.7. The van der Waals surface area contributed by atoms with Crippen LogP contribution in [0.4, 0.5) is 23.2 Å². The number of piperidine rings is 1. The maximum Gasteiger partial charge on any atom is 0.416 e. The zero-order valence-corrected chi connectivity index (χ0v) is 19.3. The molecule has 1 heterocycles. The average molecular weight is 500 g/mol. The summed E-state index contributed by atoms with van der Waals surface area (Å²) in [5, 5.41) is 5.58. The van der Waals surface area contributed by atoms with Crippen LogP contribution in [0.1, 0.15) is 44.7 Å². The van der Waals surface area contributed by atoms with Crippen molar-refractivity contribution in [3.8, 4) is 0 Å². The largest absolute Gasteiger partial charge is 0.416 e.